The Morgan fingerprint density at radius 1 is 1.43 bits per heavy atom. The van der Waals surface area contributed by atoms with Crippen LogP contribution in [0.15, 0.2) is 11.6 Å². The molecule has 0 radical (unpaired) electrons. The number of rotatable bonds is 4. The van der Waals surface area contributed by atoms with Crippen molar-refractivity contribution >= 4 is 11.6 Å². The van der Waals surface area contributed by atoms with Crippen LogP contribution in [0.3, 0.4) is 0 Å². The van der Waals surface area contributed by atoms with E-state index in [0.717, 1.165) is 26.2 Å². The Kier molecular flexibility index (Phi) is 5.48. The summed E-state index contributed by atoms with van der Waals surface area (Å²) in [5.41, 5.74) is 1.56. The largest absolute Gasteiger partial charge is 0.312 e. The Hall–Kier alpha value is -0.0900. The van der Waals surface area contributed by atoms with Crippen molar-refractivity contribution in [3.63, 3.8) is 0 Å². The van der Waals surface area contributed by atoms with Crippen molar-refractivity contribution in [3.8, 4) is 0 Å². The number of hydrogen-bond acceptors (Lipinski definition) is 3. The van der Waals surface area contributed by atoms with Crippen molar-refractivity contribution in [2.45, 2.75) is 6.04 Å². The van der Waals surface area contributed by atoms with Gasteiger partial charge in [-0.2, -0.15) is 0 Å². The third-order valence-electron chi connectivity index (χ3n) is 2.71. The van der Waals surface area contributed by atoms with E-state index in [1.54, 1.807) is 5.54 Å². The van der Waals surface area contributed by atoms with E-state index in [1.165, 1.54) is 6.54 Å². The summed E-state index contributed by atoms with van der Waals surface area (Å²) in [6, 6.07) is 0.623. The van der Waals surface area contributed by atoms with Gasteiger partial charge < -0.3 is 10.2 Å². The Morgan fingerprint density at radius 2 is 2.21 bits per heavy atom. The SMILES string of the molecule is CN1CCN(C)C(CNC/C=C/Cl)C1. The molecule has 14 heavy (non-hydrogen) atoms. The number of hydrogen-bond donors (Lipinski definition) is 1. The summed E-state index contributed by atoms with van der Waals surface area (Å²) in [7, 11) is 4.37. The first kappa shape index (κ1) is 12.0. The lowest BCUT2D eigenvalue weighted by molar-refractivity contribution is 0.114. The zero-order valence-electron chi connectivity index (χ0n) is 9.04. The van der Waals surface area contributed by atoms with Gasteiger partial charge in [0.15, 0.2) is 0 Å². The lowest BCUT2D eigenvalue weighted by Gasteiger charge is -2.37. The Labute approximate surface area is 91.7 Å². The number of nitrogens with one attached hydrogen (secondary N) is 1. The Morgan fingerprint density at radius 3 is 2.93 bits per heavy atom. The van der Waals surface area contributed by atoms with E-state index in [9.17, 15) is 0 Å². The molecule has 1 heterocycles. The van der Waals surface area contributed by atoms with E-state index in [2.05, 4.69) is 29.2 Å². The van der Waals surface area contributed by atoms with Crippen LogP contribution in [0.5, 0.6) is 0 Å². The second-order valence-electron chi connectivity index (χ2n) is 3.92. The fraction of sp³-hybridized carbons (Fsp3) is 0.800. The molecule has 1 saturated heterocycles. The highest BCUT2D eigenvalue weighted by molar-refractivity contribution is 6.25. The minimum atomic E-state index is 0.623. The van der Waals surface area contributed by atoms with E-state index in [0.29, 0.717) is 6.04 Å². The summed E-state index contributed by atoms with van der Waals surface area (Å²) < 4.78 is 0. The van der Waals surface area contributed by atoms with Gasteiger partial charge in [0.2, 0.25) is 0 Å². The first-order valence-corrected chi connectivity index (χ1v) is 5.52. The lowest BCUT2D eigenvalue weighted by Crippen LogP contribution is -2.53. The van der Waals surface area contributed by atoms with E-state index >= 15 is 0 Å². The fourth-order valence-corrected chi connectivity index (χ4v) is 1.79. The van der Waals surface area contributed by atoms with Crippen LogP contribution in [-0.4, -0.2) is 62.7 Å². The number of piperazine rings is 1. The van der Waals surface area contributed by atoms with Crippen LogP contribution in [0, 0.1) is 0 Å². The third-order valence-corrected chi connectivity index (χ3v) is 2.89. The van der Waals surface area contributed by atoms with Gasteiger partial charge in [-0.3, -0.25) is 4.90 Å². The van der Waals surface area contributed by atoms with Crippen molar-refractivity contribution in [2.24, 2.45) is 0 Å². The molecule has 3 nitrogen and oxygen atoms in total. The summed E-state index contributed by atoms with van der Waals surface area (Å²) in [4.78, 5) is 4.79. The number of nitrogens with zero attached hydrogens (tertiary/aromatic N) is 2. The number of likely N-dealkylation sites (N-methyl/N-ethyl adjacent to an activating group) is 2. The second-order valence-corrected chi connectivity index (χ2v) is 4.17. The van der Waals surface area contributed by atoms with E-state index in [1.807, 2.05) is 6.08 Å². The summed E-state index contributed by atoms with van der Waals surface area (Å²) in [6.45, 7) is 5.37. The van der Waals surface area contributed by atoms with Gasteiger partial charge in [-0.1, -0.05) is 17.7 Å². The van der Waals surface area contributed by atoms with Gasteiger partial charge in [0.25, 0.3) is 0 Å². The first-order valence-electron chi connectivity index (χ1n) is 5.08. The van der Waals surface area contributed by atoms with Crippen LogP contribution < -0.4 is 5.32 Å². The zero-order valence-corrected chi connectivity index (χ0v) is 9.80. The smallest absolute Gasteiger partial charge is 0.0345 e. The molecule has 0 amide bonds. The first-order chi connectivity index (χ1) is 6.74. The fourth-order valence-electron chi connectivity index (χ4n) is 1.70. The molecule has 1 unspecified atom stereocenters. The Balaban J connectivity index is 2.20. The summed E-state index contributed by atoms with van der Waals surface area (Å²) in [6.07, 6.45) is 1.92. The molecule has 0 aromatic heterocycles. The van der Waals surface area contributed by atoms with Gasteiger partial charge in [-0.05, 0) is 14.1 Å². The molecule has 82 valence electrons. The van der Waals surface area contributed by atoms with Crippen LogP contribution in [0.2, 0.25) is 0 Å². The van der Waals surface area contributed by atoms with Crippen LogP contribution in [-0.2, 0) is 0 Å². The molecule has 1 atom stereocenters. The molecule has 0 aromatic carbocycles. The topological polar surface area (TPSA) is 18.5 Å². The average molecular weight is 218 g/mol. The predicted octanol–water partition coefficient (Wildman–Crippen LogP) is 0.574. The minimum absolute atomic E-state index is 0.623. The van der Waals surface area contributed by atoms with Crippen LogP contribution >= 0.6 is 11.6 Å². The van der Waals surface area contributed by atoms with Crippen LogP contribution in [0.25, 0.3) is 0 Å². The molecular formula is C10H20ClN3. The molecule has 0 saturated carbocycles. The molecule has 1 aliphatic heterocycles. The van der Waals surface area contributed by atoms with Gasteiger partial charge in [-0.25, -0.2) is 0 Å². The average Bonchev–Trinajstić information content (AvgIpc) is 2.18. The molecule has 1 N–H and O–H groups in total. The molecule has 0 aromatic rings. The van der Waals surface area contributed by atoms with E-state index in [-0.39, 0.29) is 0 Å². The molecule has 4 heteroatoms. The van der Waals surface area contributed by atoms with Crippen LogP contribution in [0.4, 0.5) is 0 Å². The minimum Gasteiger partial charge on any atom is -0.312 e. The maximum Gasteiger partial charge on any atom is 0.0345 e. The highest BCUT2D eigenvalue weighted by Crippen LogP contribution is 2.04. The van der Waals surface area contributed by atoms with E-state index in [4.69, 9.17) is 11.6 Å². The number of halogens is 1. The molecule has 1 rings (SSSR count). The van der Waals surface area contributed by atoms with Crippen LogP contribution in [0.1, 0.15) is 0 Å². The normalized spacial score (nSPS) is 26.1. The standard InChI is InChI=1S/C10H20ClN3/c1-13-6-7-14(2)10(9-13)8-12-5-3-4-11/h3-4,10,12H,5-9H2,1-2H3/b4-3+. The summed E-state index contributed by atoms with van der Waals surface area (Å²) in [5.74, 6) is 0. The maximum atomic E-state index is 5.44. The molecular weight excluding hydrogens is 198 g/mol. The maximum absolute atomic E-state index is 5.44. The van der Waals surface area contributed by atoms with Crippen molar-refractivity contribution in [3.05, 3.63) is 11.6 Å². The molecule has 0 aliphatic carbocycles. The third kappa shape index (κ3) is 3.96. The molecule has 0 spiro atoms. The van der Waals surface area contributed by atoms with Crippen molar-refractivity contribution in [1.29, 1.82) is 0 Å². The van der Waals surface area contributed by atoms with Crippen molar-refractivity contribution in [1.82, 2.24) is 15.1 Å². The van der Waals surface area contributed by atoms with Gasteiger partial charge in [0.05, 0.1) is 0 Å². The Bertz CT molecular complexity index is 184. The second kappa shape index (κ2) is 6.40. The monoisotopic (exact) mass is 217 g/mol. The quantitative estimate of drug-likeness (QED) is 0.695. The molecule has 1 fully saturated rings. The molecule has 1 aliphatic rings. The van der Waals surface area contributed by atoms with Gasteiger partial charge in [0.1, 0.15) is 0 Å². The van der Waals surface area contributed by atoms with Crippen molar-refractivity contribution in [2.75, 3.05) is 46.8 Å². The highest BCUT2D eigenvalue weighted by Gasteiger charge is 2.20. The van der Waals surface area contributed by atoms with Crippen molar-refractivity contribution < 1.29 is 0 Å². The molecule has 0 bridgehead atoms. The zero-order chi connectivity index (χ0) is 10.4. The van der Waals surface area contributed by atoms with E-state index < -0.39 is 0 Å². The summed E-state index contributed by atoms with van der Waals surface area (Å²) in [5, 5.41) is 3.37. The van der Waals surface area contributed by atoms with Gasteiger partial charge in [0, 0.05) is 44.3 Å². The summed E-state index contributed by atoms with van der Waals surface area (Å²) >= 11 is 5.44. The predicted molar refractivity (Wildman–Crippen MR) is 61.8 cm³/mol. The van der Waals surface area contributed by atoms with Gasteiger partial charge in [-0.15, -0.1) is 0 Å². The lowest BCUT2D eigenvalue weighted by atomic mass is 10.2. The van der Waals surface area contributed by atoms with Gasteiger partial charge >= 0.3 is 0 Å². The highest BCUT2D eigenvalue weighted by atomic mass is 35.5.